The Bertz CT molecular complexity index is 753. The lowest BCUT2D eigenvalue weighted by atomic mass is 10.3. The van der Waals surface area contributed by atoms with Crippen molar-refractivity contribution >= 4 is 62.2 Å². The molecule has 8 heteroatoms. The smallest absolute Gasteiger partial charge is 0.240 e. The molecule has 2 heterocycles. The Morgan fingerprint density at radius 1 is 1.10 bits per heavy atom. The predicted molar refractivity (Wildman–Crippen MR) is 85.0 cm³/mol. The molecule has 0 aliphatic carbocycles. The number of rotatable bonds is 3. The van der Waals surface area contributed by atoms with Crippen LogP contribution in [0.15, 0.2) is 29.6 Å². The van der Waals surface area contributed by atoms with Crippen molar-refractivity contribution in [2.75, 3.05) is 10.7 Å². The Morgan fingerprint density at radius 2 is 1.85 bits per heavy atom. The maximum atomic E-state index is 6.15. The van der Waals surface area contributed by atoms with Crippen LogP contribution >= 0.6 is 34.5 Å². The number of halogens is 2. The van der Waals surface area contributed by atoms with Crippen LogP contribution in [-0.2, 0) is 0 Å². The summed E-state index contributed by atoms with van der Waals surface area (Å²) in [5, 5.41) is 6.98. The topological polar surface area (TPSA) is 75.9 Å². The molecule has 3 rings (SSSR count). The SMILES string of the molecule is NNc1nc(Nc2c(Cl)cccc2Cl)c2ccsc2n1. The highest BCUT2D eigenvalue weighted by Crippen LogP contribution is 2.35. The molecule has 0 atom stereocenters. The summed E-state index contributed by atoms with van der Waals surface area (Å²) >= 11 is 13.8. The number of anilines is 3. The molecule has 0 bridgehead atoms. The van der Waals surface area contributed by atoms with Gasteiger partial charge in [0.05, 0.1) is 21.1 Å². The van der Waals surface area contributed by atoms with E-state index < -0.39 is 0 Å². The standard InChI is InChI=1S/C12H9Cl2N5S/c13-7-2-1-3-8(14)9(7)16-10-6-4-5-20-11(6)18-12(17-10)19-15/h1-5H,15H2,(H2,16,17,18,19). The van der Waals surface area contributed by atoms with Crippen molar-refractivity contribution in [2.24, 2.45) is 5.84 Å². The van der Waals surface area contributed by atoms with Gasteiger partial charge in [-0.25, -0.2) is 10.8 Å². The van der Waals surface area contributed by atoms with Gasteiger partial charge in [0.15, 0.2) is 0 Å². The van der Waals surface area contributed by atoms with E-state index in [1.54, 1.807) is 18.2 Å². The molecule has 0 aliphatic heterocycles. The van der Waals surface area contributed by atoms with Gasteiger partial charge in [0.25, 0.3) is 0 Å². The minimum atomic E-state index is 0.325. The first kappa shape index (κ1) is 13.4. The zero-order valence-electron chi connectivity index (χ0n) is 10.0. The third kappa shape index (κ3) is 2.38. The van der Waals surface area contributed by atoms with Gasteiger partial charge < -0.3 is 5.32 Å². The number of thiophene rings is 1. The van der Waals surface area contributed by atoms with Crippen LogP contribution in [0, 0.1) is 0 Å². The first-order valence-corrected chi connectivity index (χ1v) is 7.25. The van der Waals surface area contributed by atoms with Crippen molar-refractivity contribution in [2.45, 2.75) is 0 Å². The van der Waals surface area contributed by atoms with Crippen molar-refractivity contribution in [1.29, 1.82) is 0 Å². The average Bonchev–Trinajstić information content (AvgIpc) is 2.91. The summed E-state index contributed by atoms with van der Waals surface area (Å²) < 4.78 is 0. The van der Waals surface area contributed by atoms with Gasteiger partial charge in [-0.1, -0.05) is 29.3 Å². The van der Waals surface area contributed by atoms with Gasteiger partial charge in [-0.05, 0) is 23.6 Å². The van der Waals surface area contributed by atoms with Crippen LogP contribution in [0.5, 0.6) is 0 Å². The van der Waals surface area contributed by atoms with Gasteiger partial charge in [-0.2, -0.15) is 4.98 Å². The van der Waals surface area contributed by atoms with E-state index in [1.807, 2.05) is 11.4 Å². The Kier molecular flexibility index (Phi) is 3.62. The Labute approximate surface area is 128 Å². The zero-order valence-corrected chi connectivity index (χ0v) is 12.4. The quantitative estimate of drug-likeness (QED) is 0.500. The lowest BCUT2D eigenvalue weighted by molar-refractivity contribution is 1.16. The monoisotopic (exact) mass is 325 g/mol. The highest BCUT2D eigenvalue weighted by Gasteiger charge is 2.12. The fraction of sp³-hybridized carbons (Fsp3) is 0. The van der Waals surface area contributed by atoms with Gasteiger partial charge in [-0.15, -0.1) is 11.3 Å². The Hall–Kier alpha value is -1.60. The van der Waals surface area contributed by atoms with Crippen LogP contribution in [0.2, 0.25) is 10.0 Å². The van der Waals surface area contributed by atoms with Crippen molar-refractivity contribution < 1.29 is 0 Å². The van der Waals surface area contributed by atoms with Crippen molar-refractivity contribution in [1.82, 2.24) is 9.97 Å². The summed E-state index contributed by atoms with van der Waals surface area (Å²) in [4.78, 5) is 9.38. The number of para-hydroxylation sites is 1. The third-order valence-electron chi connectivity index (χ3n) is 2.66. The molecule has 0 saturated heterocycles. The van der Waals surface area contributed by atoms with Crippen molar-refractivity contribution in [3.05, 3.63) is 39.7 Å². The molecule has 3 aromatic rings. The molecule has 0 spiro atoms. The van der Waals surface area contributed by atoms with Crippen molar-refractivity contribution in [3.8, 4) is 0 Å². The van der Waals surface area contributed by atoms with E-state index in [4.69, 9.17) is 29.0 Å². The van der Waals surface area contributed by atoms with E-state index in [9.17, 15) is 0 Å². The largest absolute Gasteiger partial charge is 0.337 e. The fourth-order valence-electron chi connectivity index (χ4n) is 1.75. The number of fused-ring (bicyclic) bond motifs is 1. The van der Waals surface area contributed by atoms with E-state index in [-0.39, 0.29) is 0 Å². The van der Waals surface area contributed by atoms with E-state index in [2.05, 4.69) is 20.7 Å². The van der Waals surface area contributed by atoms with Crippen LogP contribution in [-0.4, -0.2) is 9.97 Å². The molecule has 102 valence electrons. The average molecular weight is 326 g/mol. The number of hydrazine groups is 1. The molecule has 1 aromatic carbocycles. The number of hydrogen-bond acceptors (Lipinski definition) is 6. The molecule has 5 nitrogen and oxygen atoms in total. The number of nitrogens with one attached hydrogen (secondary N) is 2. The molecule has 20 heavy (non-hydrogen) atoms. The third-order valence-corrected chi connectivity index (χ3v) is 4.10. The first-order chi connectivity index (χ1) is 9.69. The van der Waals surface area contributed by atoms with Gasteiger partial charge in [0, 0.05) is 0 Å². The summed E-state index contributed by atoms with van der Waals surface area (Å²) in [5.74, 6) is 6.30. The summed E-state index contributed by atoms with van der Waals surface area (Å²) in [5.41, 5.74) is 3.04. The Morgan fingerprint density at radius 3 is 2.55 bits per heavy atom. The van der Waals surface area contributed by atoms with Crippen LogP contribution in [0.3, 0.4) is 0 Å². The molecule has 4 N–H and O–H groups in total. The van der Waals surface area contributed by atoms with Crippen molar-refractivity contribution in [3.63, 3.8) is 0 Å². The molecule has 0 fully saturated rings. The van der Waals surface area contributed by atoms with E-state index >= 15 is 0 Å². The normalized spacial score (nSPS) is 10.8. The van der Waals surface area contributed by atoms with E-state index in [0.29, 0.717) is 27.5 Å². The molecule has 0 amide bonds. The van der Waals surface area contributed by atoms with Crippen LogP contribution in [0.1, 0.15) is 0 Å². The fourth-order valence-corrected chi connectivity index (χ4v) is 3.01. The first-order valence-electron chi connectivity index (χ1n) is 5.62. The highest BCUT2D eigenvalue weighted by atomic mass is 35.5. The molecular formula is C12H9Cl2N5S. The second kappa shape index (κ2) is 5.41. The zero-order chi connectivity index (χ0) is 14.1. The minimum absolute atomic E-state index is 0.325. The van der Waals surface area contributed by atoms with Crippen LogP contribution < -0.4 is 16.6 Å². The van der Waals surface area contributed by atoms with E-state index in [0.717, 1.165) is 10.2 Å². The second-order valence-corrected chi connectivity index (χ2v) is 5.61. The van der Waals surface area contributed by atoms with Gasteiger partial charge in [-0.3, -0.25) is 5.43 Å². The molecule has 0 saturated carbocycles. The number of nitrogens with zero attached hydrogens (tertiary/aromatic N) is 2. The number of benzene rings is 1. The molecule has 0 radical (unpaired) electrons. The maximum Gasteiger partial charge on any atom is 0.240 e. The number of hydrogen-bond donors (Lipinski definition) is 3. The summed E-state index contributed by atoms with van der Waals surface area (Å²) in [6.07, 6.45) is 0. The summed E-state index contributed by atoms with van der Waals surface area (Å²) in [7, 11) is 0. The summed E-state index contributed by atoms with van der Waals surface area (Å²) in [6.45, 7) is 0. The Balaban J connectivity index is 2.12. The lowest BCUT2D eigenvalue weighted by Gasteiger charge is -2.11. The highest BCUT2D eigenvalue weighted by molar-refractivity contribution is 7.16. The molecule has 0 aliphatic rings. The van der Waals surface area contributed by atoms with E-state index in [1.165, 1.54) is 11.3 Å². The molecular weight excluding hydrogens is 317 g/mol. The number of aromatic nitrogens is 2. The number of nitrogen functional groups attached to an aromatic ring is 1. The van der Waals surface area contributed by atoms with Gasteiger partial charge in [0.1, 0.15) is 10.6 Å². The number of nitrogens with two attached hydrogens (primary N) is 1. The molecule has 2 aromatic heterocycles. The maximum absolute atomic E-state index is 6.15. The van der Waals surface area contributed by atoms with Gasteiger partial charge >= 0.3 is 0 Å². The lowest BCUT2D eigenvalue weighted by Crippen LogP contribution is -2.11. The summed E-state index contributed by atoms with van der Waals surface area (Å²) in [6, 6.07) is 7.21. The second-order valence-electron chi connectivity index (χ2n) is 3.90. The molecule has 0 unspecified atom stereocenters. The minimum Gasteiger partial charge on any atom is -0.337 e. The van der Waals surface area contributed by atoms with Crippen LogP contribution in [0.4, 0.5) is 17.5 Å². The van der Waals surface area contributed by atoms with Crippen LogP contribution in [0.25, 0.3) is 10.2 Å². The van der Waals surface area contributed by atoms with Gasteiger partial charge in [0.2, 0.25) is 5.95 Å². The predicted octanol–water partition coefficient (Wildman–Crippen LogP) is 4.03.